The molecule has 1 aliphatic rings. The van der Waals surface area contributed by atoms with Gasteiger partial charge in [-0.05, 0) is 42.9 Å². The molecule has 0 unspecified atom stereocenters. The molecule has 17 heavy (non-hydrogen) atoms. The standard InChI is InChI=1S/C15H23NO/c1-11(2)10-16-13-8-12(9-13)14-6-4-5-7-15(14)17-3/h4-7,11-13,16H,8-10H2,1-3H3. The average Bonchev–Trinajstić information content (AvgIpc) is 2.27. The van der Waals surface area contributed by atoms with Crippen LogP contribution < -0.4 is 10.1 Å². The summed E-state index contributed by atoms with van der Waals surface area (Å²) in [5, 5.41) is 3.61. The minimum absolute atomic E-state index is 0.677. The lowest BCUT2D eigenvalue weighted by Crippen LogP contribution is -2.41. The van der Waals surface area contributed by atoms with Gasteiger partial charge in [-0.25, -0.2) is 0 Å². The molecule has 2 rings (SSSR count). The smallest absolute Gasteiger partial charge is 0.122 e. The van der Waals surface area contributed by atoms with Crippen LogP contribution in [0.1, 0.15) is 38.2 Å². The molecule has 1 saturated carbocycles. The third-order valence-electron chi connectivity index (χ3n) is 3.53. The number of hydrogen-bond acceptors (Lipinski definition) is 2. The lowest BCUT2D eigenvalue weighted by Gasteiger charge is -2.37. The van der Waals surface area contributed by atoms with Crippen molar-refractivity contribution >= 4 is 0 Å². The number of nitrogens with one attached hydrogen (secondary N) is 1. The monoisotopic (exact) mass is 233 g/mol. The molecule has 0 spiro atoms. The first kappa shape index (κ1) is 12.4. The second-order valence-electron chi connectivity index (χ2n) is 5.41. The van der Waals surface area contributed by atoms with Crippen LogP contribution in [-0.4, -0.2) is 19.7 Å². The van der Waals surface area contributed by atoms with Gasteiger partial charge in [0.15, 0.2) is 0 Å². The Kier molecular flexibility index (Phi) is 4.06. The van der Waals surface area contributed by atoms with Gasteiger partial charge in [0, 0.05) is 6.04 Å². The fourth-order valence-corrected chi connectivity index (χ4v) is 2.44. The quantitative estimate of drug-likeness (QED) is 0.843. The molecule has 2 heteroatoms. The van der Waals surface area contributed by atoms with Gasteiger partial charge in [-0.15, -0.1) is 0 Å². The molecule has 0 bridgehead atoms. The predicted octanol–water partition coefficient (Wildman–Crippen LogP) is 3.19. The molecule has 0 heterocycles. The van der Waals surface area contributed by atoms with Gasteiger partial charge in [-0.1, -0.05) is 32.0 Å². The van der Waals surface area contributed by atoms with E-state index < -0.39 is 0 Å². The highest BCUT2D eigenvalue weighted by Gasteiger charge is 2.31. The molecule has 94 valence electrons. The summed E-state index contributed by atoms with van der Waals surface area (Å²) in [5.41, 5.74) is 1.37. The minimum atomic E-state index is 0.677. The number of ether oxygens (including phenoxy) is 1. The Morgan fingerprint density at radius 2 is 2.00 bits per heavy atom. The highest BCUT2D eigenvalue weighted by atomic mass is 16.5. The molecule has 2 nitrogen and oxygen atoms in total. The van der Waals surface area contributed by atoms with E-state index in [4.69, 9.17) is 4.74 Å². The molecule has 1 N–H and O–H groups in total. The first-order chi connectivity index (χ1) is 8.20. The van der Waals surface area contributed by atoms with Crippen molar-refractivity contribution < 1.29 is 4.74 Å². The van der Waals surface area contributed by atoms with Gasteiger partial charge in [-0.3, -0.25) is 0 Å². The van der Waals surface area contributed by atoms with Gasteiger partial charge >= 0.3 is 0 Å². The Bertz CT molecular complexity index is 356. The van der Waals surface area contributed by atoms with Crippen molar-refractivity contribution in [3.05, 3.63) is 29.8 Å². The summed E-state index contributed by atoms with van der Waals surface area (Å²) in [7, 11) is 1.76. The summed E-state index contributed by atoms with van der Waals surface area (Å²) < 4.78 is 5.42. The number of para-hydroxylation sites is 1. The molecule has 1 aromatic carbocycles. The maximum absolute atomic E-state index is 5.42. The molecule has 1 fully saturated rings. The van der Waals surface area contributed by atoms with Crippen LogP contribution in [0.15, 0.2) is 24.3 Å². The lowest BCUT2D eigenvalue weighted by atomic mass is 9.75. The zero-order valence-corrected chi connectivity index (χ0v) is 11.1. The Labute approximate surface area is 104 Å². The molecule has 0 amide bonds. The van der Waals surface area contributed by atoms with Gasteiger partial charge in [0.2, 0.25) is 0 Å². The van der Waals surface area contributed by atoms with Crippen LogP contribution in [0.4, 0.5) is 0 Å². The van der Waals surface area contributed by atoms with Crippen LogP contribution in [0.2, 0.25) is 0 Å². The van der Waals surface area contributed by atoms with E-state index in [0.717, 1.165) is 18.2 Å². The Morgan fingerprint density at radius 3 is 2.65 bits per heavy atom. The zero-order chi connectivity index (χ0) is 12.3. The van der Waals surface area contributed by atoms with Crippen LogP contribution >= 0.6 is 0 Å². The summed E-state index contributed by atoms with van der Waals surface area (Å²) in [4.78, 5) is 0. The second kappa shape index (κ2) is 5.54. The third kappa shape index (κ3) is 3.01. The lowest BCUT2D eigenvalue weighted by molar-refractivity contribution is 0.275. The van der Waals surface area contributed by atoms with Crippen molar-refractivity contribution in [3.63, 3.8) is 0 Å². The average molecular weight is 233 g/mol. The topological polar surface area (TPSA) is 21.3 Å². The minimum Gasteiger partial charge on any atom is -0.496 e. The van der Waals surface area contributed by atoms with Crippen molar-refractivity contribution in [2.75, 3.05) is 13.7 Å². The fourth-order valence-electron chi connectivity index (χ4n) is 2.44. The van der Waals surface area contributed by atoms with Crippen LogP contribution in [0.3, 0.4) is 0 Å². The second-order valence-corrected chi connectivity index (χ2v) is 5.41. The Balaban J connectivity index is 1.86. The molecule has 1 aromatic rings. The van der Waals surface area contributed by atoms with E-state index in [1.165, 1.54) is 18.4 Å². The van der Waals surface area contributed by atoms with Crippen molar-refractivity contribution in [1.29, 1.82) is 0 Å². The van der Waals surface area contributed by atoms with Crippen molar-refractivity contribution in [2.45, 2.75) is 38.6 Å². The molecule has 0 aromatic heterocycles. The van der Waals surface area contributed by atoms with E-state index in [9.17, 15) is 0 Å². The molecule has 0 radical (unpaired) electrons. The summed E-state index contributed by atoms with van der Waals surface area (Å²) in [6.07, 6.45) is 2.49. The van der Waals surface area contributed by atoms with E-state index in [0.29, 0.717) is 12.0 Å². The number of rotatable bonds is 5. The summed E-state index contributed by atoms with van der Waals surface area (Å²) in [6.45, 7) is 5.63. The van der Waals surface area contributed by atoms with Crippen LogP contribution in [0, 0.1) is 5.92 Å². The highest BCUT2D eigenvalue weighted by Crippen LogP contribution is 2.40. The van der Waals surface area contributed by atoms with E-state index >= 15 is 0 Å². The van der Waals surface area contributed by atoms with E-state index in [-0.39, 0.29) is 0 Å². The summed E-state index contributed by atoms with van der Waals surface area (Å²) in [5.74, 6) is 2.45. The van der Waals surface area contributed by atoms with E-state index in [2.05, 4.69) is 37.4 Å². The zero-order valence-electron chi connectivity index (χ0n) is 11.1. The maximum Gasteiger partial charge on any atom is 0.122 e. The third-order valence-corrected chi connectivity index (χ3v) is 3.53. The van der Waals surface area contributed by atoms with E-state index in [1.807, 2.05) is 6.07 Å². The van der Waals surface area contributed by atoms with Gasteiger partial charge < -0.3 is 10.1 Å². The number of hydrogen-bond donors (Lipinski definition) is 1. The predicted molar refractivity (Wildman–Crippen MR) is 71.6 cm³/mol. The number of benzene rings is 1. The molecule has 1 aliphatic carbocycles. The molecular formula is C15H23NO. The van der Waals surface area contributed by atoms with Crippen molar-refractivity contribution in [3.8, 4) is 5.75 Å². The Morgan fingerprint density at radius 1 is 1.29 bits per heavy atom. The fraction of sp³-hybridized carbons (Fsp3) is 0.600. The molecule has 0 saturated heterocycles. The Hall–Kier alpha value is -1.02. The molecule has 0 aliphatic heterocycles. The largest absolute Gasteiger partial charge is 0.496 e. The van der Waals surface area contributed by atoms with Gasteiger partial charge in [0.25, 0.3) is 0 Å². The first-order valence-corrected chi connectivity index (χ1v) is 6.57. The first-order valence-electron chi connectivity index (χ1n) is 6.57. The normalized spacial score (nSPS) is 23.5. The summed E-state index contributed by atoms with van der Waals surface area (Å²) in [6, 6.07) is 9.10. The van der Waals surface area contributed by atoms with Gasteiger partial charge in [0.1, 0.15) is 5.75 Å². The van der Waals surface area contributed by atoms with Crippen molar-refractivity contribution in [2.24, 2.45) is 5.92 Å². The maximum atomic E-state index is 5.42. The SMILES string of the molecule is COc1ccccc1C1CC(NCC(C)C)C1. The molecular weight excluding hydrogens is 210 g/mol. The highest BCUT2D eigenvalue weighted by molar-refractivity contribution is 5.37. The van der Waals surface area contributed by atoms with Crippen LogP contribution in [0.5, 0.6) is 5.75 Å². The van der Waals surface area contributed by atoms with Crippen molar-refractivity contribution in [1.82, 2.24) is 5.32 Å². The van der Waals surface area contributed by atoms with Crippen LogP contribution in [0.25, 0.3) is 0 Å². The summed E-state index contributed by atoms with van der Waals surface area (Å²) >= 11 is 0. The van der Waals surface area contributed by atoms with Gasteiger partial charge in [-0.2, -0.15) is 0 Å². The molecule has 0 atom stereocenters. The van der Waals surface area contributed by atoms with Gasteiger partial charge in [0.05, 0.1) is 7.11 Å². The van der Waals surface area contributed by atoms with E-state index in [1.54, 1.807) is 7.11 Å². The number of methoxy groups -OCH3 is 1. The van der Waals surface area contributed by atoms with Crippen LogP contribution in [-0.2, 0) is 0 Å².